The number of ether oxygens (including phenoxy) is 1. The van der Waals surface area contributed by atoms with Crippen LogP contribution in [0.1, 0.15) is 24.5 Å². The van der Waals surface area contributed by atoms with Gasteiger partial charge in [-0.2, -0.15) is 0 Å². The number of halogens is 1. The average molecular weight is 242 g/mol. The minimum atomic E-state index is 0.855. The van der Waals surface area contributed by atoms with Crippen LogP contribution in [0.5, 0.6) is 5.75 Å². The van der Waals surface area contributed by atoms with Crippen molar-refractivity contribution in [2.24, 2.45) is 0 Å². The van der Waals surface area contributed by atoms with Gasteiger partial charge in [0.1, 0.15) is 5.75 Å². The fourth-order valence-electron chi connectivity index (χ4n) is 1.74. The highest BCUT2D eigenvalue weighted by atomic mass is 35.5. The van der Waals surface area contributed by atoms with E-state index in [-0.39, 0.29) is 0 Å². The third-order valence-corrected chi connectivity index (χ3v) is 2.96. The number of nitrogens with one attached hydrogen (secondary N) is 1. The monoisotopic (exact) mass is 241 g/mol. The molecular weight excluding hydrogens is 222 g/mol. The fraction of sp³-hybridized carbons (Fsp3) is 0.538. The van der Waals surface area contributed by atoms with Gasteiger partial charge in [0.25, 0.3) is 0 Å². The number of hydrogen-bond acceptors (Lipinski definition) is 2. The van der Waals surface area contributed by atoms with Crippen molar-refractivity contribution in [3.05, 3.63) is 28.3 Å². The third-order valence-electron chi connectivity index (χ3n) is 2.61. The molecule has 0 spiro atoms. The molecule has 0 radical (unpaired) electrons. The Morgan fingerprint density at radius 2 is 2.00 bits per heavy atom. The van der Waals surface area contributed by atoms with E-state index >= 15 is 0 Å². The van der Waals surface area contributed by atoms with Gasteiger partial charge in [-0.3, -0.25) is 0 Å². The molecule has 0 aliphatic rings. The lowest BCUT2D eigenvalue weighted by Crippen LogP contribution is -2.11. The Balaban J connectivity index is 2.95. The number of methoxy groups -OCH3 is 1. The maximum atomic E-state index is 6.24. The average Bonchev–Trinajstić information content (AvgIpc) is 2.29. The van der Waals surface area contributed by atoms with Crippen molar-refractivity contribution in [1.29, 1.82) is 0 Å². The largest absolute Gasteiger partial charge is 0.496 e. The van der Waals surface area contributed by atoms with E-state index in [2.05, 4.69) is 18.3 Å². The Morgan fingerprint density at radius 3 is 2.56 bits per heavy atom. The first-order valence-corrected chi connectivity index (χ1v) is 6.10. The van der Waals surface area contributed by atoms with Crippen molar-refractivity contribution in [1.82, 2.24) is 5.32 Å². The number of rotatable bonds is 6. The summed E-state index contributed by atoms with van der Waals surface area (Å²) in [6.07, 6.45) is 3.03. The topological polar surface area (TPSA) is 21.3 Å². The summed E-state index contributed by atoms with van der Waals surface area (Å²) in [5.74, 6) is 0.947. The number of likely N-dealkylation sites (N-methyl/N-ethyl adjacent to an activating group) is 1. The van der Waals surface area contributed by atoms with Crippen molar-refractivity contribution in [3.8, 4) is 5.75 Å². The van der Waals surface area contributed by atoms with Crippen molar-refractivity contribution >= 4 is 11.6 Å². The van der Waals surface area contributed by atoms with Crippen LogP contribution in [0.2, 0.25) is 5.02 Å². The summed E-state index contributed by atoms with van der Waals surface area (Å²) >= 11 is 6.24. The summed E-state index contributed by atoms with van der Waals surface area (Å²) in [6, 6.07) is 4.10. The predicted molar refractivity (Wildman–Crippen MR) is 69.6 cm³/mol. The Kier molecular flexibility index (Phi) is 5.64. The van der Waals surface area contributed by atoms with Crippen molar-refractivity contribution in [3.63, 3.8) is 0 Å². The van der Waals surface area contributed by atoms with Crippen LogP contribution in [0.15, 0.2) is 12.1 Å². The second-order valence-corrected chi connectivity index (χ2v) is 4.27. The molecule has 1 rings (SSSR count). The summed E-state index contributed by atoms with van der Waals surface area (Å²) < 4.78 is 5.40. The van der Waals surface area contributed by atoms with Gasteiger partial charge in [0.05, 0.1) is 7.11 Å². The SMILES string of the molecule is CCCc1cc(OC)c(CCNC)cc1Cl. The zero-order chi connectivity index (χ0) is 12.0. The zero-order valence-corrected chi connectivity index (χ0v) is 11.0. The molecule has 2 nitrogen and oxygen atoms in total. The maximum Gasteiger partial charge on any atom is 0.122 e. The molecule has 16 heavy (non-hydrogen) atoms. The van der Waals surface area contributed by atoms with E-state index in [9.17, 15) is 0 Å². The quantitative estimate of drug-likeness (QED) is 0.827. The summed E-state index contributed by atoms with van der Waals surface area (Å²) in [7, 11) is 3.65. The molecule has 0 aromatic heterocycles. The van der Waals surface area contributed by atoms with E-state index in [1.165, 1.54) is 11.1 Å². The van der Waals surface area contributed by atoms with E-state index in [1.807, 2.05) is 13.1 Å². The molecule has 90 valence electrons. The lowest BCUT2D eigenvalue weighted by molar-refractivity contribution is 0.409. The van der Waals surface area contributed by atoms with Crippen molar-refractivity contribution < 1.29 is 4.74 Å². The highest BCUT2D eigenvalue weighted by Gasteiger charge is 2.08. The molecule has 0 saturated carbocycles. The smallest absolute Gasteiger partial charge is 0.122 e. The Morgan fingerprint density at radius 1 is 1.25 bits per heavy atom. The van der Waals surface area contributed by atoms with Crippen LogP contribution in [-0.2, 0) is 12.8 Å². The van der Waals surface area contributed by atoms with Gasteiger partial charge >= 0.3 is 0 Å². The van der Waals surface area contributed by atoms with Crippen LogP contribution in [0.25, 0.3) is 0 Å². The standard InChI is InChI=1S/C13H20ClNO/c1-4-5-10-9-13(16-3)11(6-7-15-2)8-12(10)14/h8-9,15H,4-7H2,1-3H3. The van der Waals surface area contributed by atoms with Gasteiger partial charge in [-0.15, -0.1) is 0 Å². The van der Waals surface area contributed by atoms with E-state index in [4.69, 9.17) is 16.3 Å². The summed E-state index contributed by atoms with van der Waals surface area (Å²) in [5, 5.41) is 3.98. The van der Waals surface area contributed by atoms with E-state index in [1.54, 1.807) is 7.11 Å². The van der Waals surface area contributed by atoms with Gasteiger partial charge in [0.2, 0.25) is 0 Å². The number of aryl methyl sites for hydroxylation is 1. The van der Waals surface area contributed by atoms with Gasteiger partial charge in [0.15, 0.2) is 0 Å². The molecule has 0 atom stereocenters. The molecule has 3 heteroatoms. The lowest BCUT2D eigenvalue weighted by Gasteiger charge is -2.12. The van der Waals surface area contributed by atoms with E-state index < -0.39 is 0 Å². The molecule has 0 saturated heterocycles. The van der Waals surface area contributed by atoms with Gasteiger partial charge in [-0.1, -0.05) is 24.9 Å². The number of hydrogen-bond donors (Lipinski definition) is 1. The molecule has 1 aromatic carbocycles. The molecule has 0 bridgehead atoms. The van der Waals surface area contributed by atoms with Gasteiger partial charge in [-0.25, -0.2) is 0 Å². The molecule has 0 aliphatic carbocycles. The molecular formula is C13H20ClNO. The Hall–Kier alpha value is -0.730. The van der Waals surface area contributed by atoms with Crippen LogP contribution in [0.4, 0.5) is 0 Å². The van der Waals surface area contributed by atoms with Crippen LogP contribution < -0.4 is 10.1 Å². The van der Waals surface area contributed by atoms with Gasteiger partial charge in [-0.05, 0) is 49.7 Å². The highest BCUT2D eigenvalue weighted by Crippen LogP contribution is 2.28. The summed E-state index contributed by atoms with van der Waals surface area (Å²) in [4.78, 5) is 0. The second-order valence-electron chi connectivity index (χ2n) is 3.86. The zero-order valence-electron chi connectivity index (χ0n) is 10.3. The molecule has 0 amide bonds. The molecule has 0 unspecified atom stereocenters. The lowest BCUT2D eigenvalue weighted by atomic mass is 10.0. The van der Waals surface area contributed by atoms with Crippen LogP contribution in [0.3, 0.4) is 0 Å². The number of benzene rings is 1. The molecule has 1 aromatic rings. The summed E-state index contributed by atoms with van der Waals surface area (Å²) in [5.41, 5.74) is 2.34. The van der Waals surface area contributed by atoms with E-state index in [0.29, 0.717) is 0 Å². The molecule has 0 fully saturated rings. The van der Waals surface area contributed by atoms with Gasteiger partial charge in [0, 0.05) is 5.02 Å². The van der Waals surface area contributed by atoms with Crippen LogP contribution in [-0.4, -0.2) is 20.7 Å². The first-order chi connectivity index (χ1) is 7.72. The first kappa shape index (κ1) is 13.3. The van der Waals surface area contributed by atoms with E-state index in [0.717, 1.165) is 36.6 Å². The maximum absolute atomic E-state index is 6.24. The third kappa shape index (κ3) is 3.39. The normalized spacial score (nSPS) is 10.5. The summed E-state index contributed by atoms with van der Waals surface area (Å²) in [6.45, 7) is 3.08. The minimum absolute atomic E-state index is 0.855. The van der Waals surface area contributed by atoms with Crippen LogP contribution in [0, 0.1) is 0 Å². The highest BCUT2D eigenvalue weighted by molar-refractivity contribution is 6.31. The Bertz CT molecular complexity index is 339. The molecule has 1 N–H and O–H groups in total. The van der Waals surface area contributed by atoms with Gasteiger partial charge < -0.3 is 10.1 Å². The van der Waals surface area contributed by atoms with Crippen molar-refractivity contribution in [2.75, 3.05) is 20.7 Å². The van der Waals surface area contributed by atoms with Crippen molar-refractivity contribution in [2.45, 2.75) is 26.2 Å². The first-order valence-electron chi connectivity index (χ1n) is 5.72. The molecule has 0 heterocycles. The van der Waals surface area contributed by atoms with Crippen LogP contribution >= 0.6 is 11.6 Å². The minimum Gasteiger partial charge on any atom is -0.496 e. The Labute approximate surface area is 103 Å². The second kappa shape index (κ2) is 6.77. The molecule has 0 aliphatic heterocycles. The fourth-order valence-corrected chi connectivity index (χ4v) is 2.02. The predicted octanol–water partition coefficient (Wildman–Crippen LogP) is 3.06.